The number of esters is 1. The number of ketones is 1. The number of hydrogen-bond acceptors (Lipinski definition) is 5. The second-order valence-corrected chi connectivity index (χ2v) is 9.12. The SMILES string of the molecule is C[C@@H](OC(=O)c1cccc(S(=O)(=O)Nc2ccc(Cl)cc2)c1)C(=O)c1cccc(Cl)c1. The van der Waals surface area contributed by atoms with Crippen LogP contribution in [0.25, 0.3) is 0 Å². The summed E-state index contributed by atoms with van der Waals surface area (Å²) >= 11 is 11.7. The third kappa shape index (κ3) is 5.85. The summed E-state index contributed by atoms with van der Waals surface area (Å²) in [5.74, 6) is -1.25. The van der Waals surface area contributed by atoms with E-state index in [4.69, 9.17) is 27.9 Å². The van der Waals surface area contributed by atoms with Crippen LogP contribution >= 0.6 is 23.2 Å². The van der Waals surface area contributed by atoms with E-state index in [1.165, 1.54) is 49.4 Å². The minimum absolute atomic E-state index is 0.00951. The number of Topliss-reactive ketones (excluding diaryl/α,β-unsaturated/α-hetero) is 1. The van der Waals surface area contributed by atoms with E-state index in [0.29, 0.717) is 21.3 Å². The van der Waals surface area contributed by atoms with Crippen molar-refractivity contribution >= 4 is 50.7 Å². The first kappa shape index (κ1) is 22.8. The summed E-state index contributed by atoms with van der Waals surface area (Å²) < 4.78 is 32.9. The molecule has 0 fully saturated rings. The summed E-state index contributed by atoms with van der Waals surface area (Å²) in [5.41, 5.74) is 0.610. The van der Waals surface area contributed by atoms with Crippen molar-refractivity contribution in [2.24, 2.45) is 0 Å². The van der Waals surface area contributed by atoms with E-state index in [9.17, 15) is 18.0 Å². The van der Waals surface area contributed by atoms with Crippen LogP contribution in [0.1, 0.15) is 27.6 Å². The number of benzene rings is 3. The Balaban J connectivity index is 1.75. The van der Waals surface area contributed by atoms with Gasteiger partial charge in [0.05, 0.1) is 10.5 Å². The Kier molecular flexibility index (Phi) is 7.00. The van der Waals surface area contributed by atoms with Gasteiger partial charge in [0.1, 0.15) is 0 Å². The molecule has 9 heteroatoms. The van der Waals surface area contributed by atoms with Gasteiger partial charge in [-0.1, -0.05) is 41.4 Å². The number of nitrogens with one attached hydrogen (secondary N) is 1. The summed E-state index contributed by atoms with van der Waals surface area (Å²) in [7, 11) is -3.96. The molecule has 0 aliphatic carbocycles. The Morgan fingerprint density at radius 3 is 2.19 bits per heavy atom. The van der Waals surface area contributed by atoms with Crippen molar-refractivity contribution in [3.63, 3.8) is 0 Å². The zero-order valence-electron chi connectivity index (χ0n) is 16.2. The molecule has 1 atom stereocenters. The molecule has 3 aromatic carbocycles. The van der Waals surface area contributed by atoms with Crippen molar-refractivity contribution in [1.29, 1.82) is 0 Å². The first-order valence-corrected chi connectivity index (χ1v) is 11.3. The highest BCUT2D eigenvalue weighted by Crippen LogP contribution is 2.20. The van der Waals surface area contributed by atoms with Crippen molar-refractivity contribution in [3.05, 3.63) is 94.0 Å². The molecule has 160 valence electrons. The van der Waals surface area contributed by atoms with Gasteiger partial charge in [-0.05, 0) is 61.5 Å². The number of halogens is 2. The number of hydrogen-bond donors (Lipinski definition) is 1. The lowest BCUT2D eigenvalue weighted by molar-refractivity contribution is 0.0318. The number of ether oxygens (including phenoxy) is 1. The van der Waals surface area contributed by atoms with Crippen LogP contribution in [0.4, 0.5) is 5.69 Å². The number of rotatable bonds is 7. The molecular weight excluding hydrogens is 461 g/mol. The largest absolute Gasteiger partial charge is 0.451 e. The summed E-state index contributed by atoms with van der Waals surface area (Å²) in [5, 5.41) is 0.851. The Morgan fingerprint density at radius 2 is 1.52 bits per heavy atom. The molecule has 0 aliphatic rings. The third-order valence-corrected chi connectivity index (χ3v) is 6.10. The highest BCUT2D eigenvalue weighted by Gasteiger charge is 2.22. The molecule has 3 rings (SSSR count). The van der Waals surface area contributed by atoms with Gasteiger partial charge in [0.2, 0.25) is 5.78 Å². The molecule has 0 saturated carbocycles. The van der Waals surface area contributed by atoms with Crippen LogP contribution in [-0.4, -0.2) is 26.3 Å². The molecule has 0 aromatic heterocycles. The van der Waals surface area contributed by atoms with Gasteiger partial charge < -0.3 is 4.74 Å². The lowest BCUT2D eigenvalue weighted by Crippen LogP contribution is -2.24. The molecule has 0 heterocycles. The zero-order valence-corrected chi connectivity index (χ0v) is 18.5. The van der Waals surface area contributed by atoms with Crippen molar-refractivity contribution in [2.75, 3.05) is 4.72 Å². The van der Waals surface area contributed by atoms with Crippen LogP contribution in [0, 0.1) is 0 Å². The number of sulfonamides is 1. The Labute approximate surface area is 189 Å². The van der Waals surface area contributed by atoms with Crippen LogP contribution in [0.3, 0.4) is 0 Å². The fraction of sp³-hybridized carbons (Fsp3) is 0.0909. The van der Waals surface area contributed by atoms with Gasteiger partial charge in [0.15, 0.2) is 6.10 Å². The Morgan fingerprint density at radius 1 is 0.871 bits per heavy atom. The van der Waals surface area contributed by atoms with Crippen LogP contribution in [0.2, 0.25) is 10.0 Å². The lowest BCUT2D eigenvalue weighted by atomic mass is 10.1. The minimum atomic E-state index is -3.96. The first-order chi connectivity index (χ1) is 14.7. The molecule has 6 nitrogen and oxygen atoms in total. The smallest absolute Gasteiger partial charge is 0.338 e. The van der Waals surface area contributed by atoms with E-state index < -0.39 is 27.9 Å². The van der Waals surface area contributed by atoms with Gasteiger partial charge in [0.25, 0.3) is 10.0 Å². The maximum Gasteiger partial charge on any atom is 0.338 e. The molecular formula is C22H17Cl2NO5S. The molecule has 0 spiro atoms. The maximum atomic E-state index is 12.6. The summed E-state index contributed by atoms with van der Waals surface area (Å²) in [4.78, 5) is 24.8. The topological polar surface area (TPSA) is 89.5 Å². The number of carbonyl (C=O) groups excluding carboxylic acids is 2. The predicted molar refractivity (Wildman–Crippen MR) is 119 cm³/mol. The highest BCUT2D eigenvalue weighted by atomic mass is 35.5. The molecule has 1 N–H and O–H groups in total. The molecule has 0 amide bonds. The van der Waals surface area contributed by atoms with Crippen LogP contribution in [0.5, 0.6) is 0 Å². The van der Waals surface area contributed by atoms with Gasteiger partial charge >= 0.3 is 5.97 Å². The van der Waals surface area contributed by atoms with Crippen LogP contribution in [-0.2, 0) is 14.8 Å². The maximum absolute atomic E-state index is 12.6. The van der Waals surface area contributed by atoms with Gasteiger partial charge in [0, 0.05) is 21.3 Å². The average molecular weight is 478 g/mol. The van der Waals surface area contributed by atoms with Gasteiger partial charge in [-0.2, -0.15) is 0 Å². The molecule has 3 aromatic rings. The van der Waals surface area contributed by atoms with Crippen LogP contribution < -0.4 is 4.72 Å². The van der Waals surface area contributed by atoms with E-state index in [1.54, 1.807) is 30.3 Å². The van der Waals surface area contributed by atoms with E-state index >= 15 is 0 Å². The van der Waals surface area contributed by atoms with Gasteiger partial charge in [-0.15, -0.1) is 0 Å². The van der Waals surface area contributed by atoms with E-state index in [2.05, 4.69) is 4.72 Å². The second-order valence-electron chi connectivity index (χ2n) is 6.56. The summed E-state index contributed by atoms with van der Waals surface area (Å²) in [6.45, 7) is 1.43. The van der Waals surface area contributed by atoms with Gasteiger partial charge in [-0.25, -0.2) is 13.2 Å². The molecule has 0 radical (unpaired) electrons. The highest BCUT2D eigenvalue weighted by molar-refractivity contribution is 7.92. The van der Waals surface area contributed by atoms with E-state index in [0.717, 1.165) is 0 Å². The van der Waals surface area contributed by atoms with Crippen molar-refractivity contribution in [3.8, 4) is 0 Å². The first-order valence-electron chi connectivity index (χ1n) is 9.05. The minimum Gasteiger partial charge on any atom is -0.451 e. The second kappa shape index (κ2) is 9.51. The number of anilines is 1. The zero-order chi connectivity index (χ0) is 22.6. The normalized spacial score (nSPS) is 12.1. The van der Waals surface area contributed by atoms with Crippen LogP contribution in [0.15, 0.2) is 77.7 Å². The summed E-state index contributed by atoms with van der Waals surface area (Å²) in [6.07, 6.45) is -1.08. The molecule has 31 heavy (non-hydrogen) atoms. The van der Waals surface area contributed by atoms with E-state index in [-0.39, 0.29) is 10.5 Å². The Bertz CT molecular complexity index is 1230. The standard InChI is InChI=1S/C22H17Cl2NO5S/c1-14(21(26)15-4-2-6-18(24)12-15)30-22(27)16-5-3-7-20(13-16)31(28,29)25-19-10-8-17(23)9-11-19/h2-14,25H,1H3/t14-/m1/s1. The molecule has 0 unspecified atom stereocenters. The average Bonchev–Trinajstić information content (AvgIpc) is 2.74. The Hall–Kier alpha value is -2.87. The van der Waals surface area contributed by atoms with Crippen molar-refractivity contribution in [1.82, 2.24) is 0 Å². The van der Waals surface area contributed by atoms with Crippen molar-refractivity contribution < 1.29 is 22.7 Å². The number of carbonyl (C=O) groups is 2. The van der Waals surface area contributed by atoms with Gasteiger partial charge in [-0.3, -0.25) is 9.52 Å². The third-order valence-electron chi connectivity index (χ3n) is 4.24. The predicted octanol–water partition coefficient (Wildman–Crippen LogP) is 5.22. The van der Waals surface area contributed by atoms with E-state index in [1.807, 2.05) is 0 Å². The lowest BCUT2D eigenvalue weighted by Gasteiger charge is -2.13. The fourth-order valence-corrected chi connectivity index (χ4v) is 4.10. The molecule has 0 saturated heterocycles. The quantitative estimate of drug-likeness (QED) is 0.372. The molecule has 0 aliphatic heterocycles. The monoisotopic (exact) mass is 477 g/mol. The fourth-order valence-electron chi connectivity index (χ4n) is 2.68. The van der Waals surface area contributed by atoms with Crippen molar-refractivity contribution in [2.45, 2.75) is 17.9 Å². The molecule has 0 bridgehead atoms. The summed E-state index contributed by atoms with van der Waals surface area (Å²) in [6, 6.07) is 17.7.